The first-order chi connectivity index (χ1) is 10.3. The molecule has 1 aliphatic heterocycles. The number of hydrogen-bond acceptors (Lipinski definition) is 3. The molecule has 0 spiro atoms. The maximum atomic E-state index is 10.5. The van der Waals surface area contributed by atoms with Crippen LogP contribution in [-0.4, -0.2) is 36.2 Å². The summed E-state index contributed by atoms with van der Waals surface area (Å²) in [5.41, 5.74) is 1.11. The maximum Gasteiger partial charge on any atom is 0.121 e. The number of fused-ring (bicyclic) bond motifs is 1. The maximum absolute atomic E-state index is 10.5. The SMILES string of the molecule is CCC[C@@H](c1c(O)ccc2ccccc12)N1CCNCC1. The molecule has 0 aromatic heterocycles. The number of rotatable bonds is 4. The predicted molar refractivity (Wildman–Crippen MR) is 87.7 cm³/mol. The van der Waals surface area contributed by atoms with Gasteiger partial charge in [-0.1, -0.05) is 43.7 Å². The predicted octanol–water partition coefficient (Wildman–Crippen LogP) is 3.29. The van der Waals surface area contributed by atoms with Crippen molar-refractivity contribution in [2.45, 2.75) is 25.8 Å². The number of hydrogen-bond donors (Lipinski definition) is 2. The van der Waals surface area contributed by atoms with Gasteiger partial charge in [-0.05, 0) is 23.3 Å². The van der Waals surface area contributed by atoms with Crippen molar-refractivity contribution in [1.29, 1.82) is 0 Å². The first-order valence-corrected chi connectivity index (χ1v) is 7.96. The lowest BCUT2D eigenvalue weighted by atomic mass is 9.93. The Morgan fingerprint density at radius 2 is 1.90 bits per heavy atom. The fraction of sp³-hybridized carbons (Fsp3) is 0.444. The van der Waals surface area contributed by atoms with Gasteiger partial charge in [0.15, 0.2) is 0 Å². The second-order valence-corrected chi connectivity index (χ2v) is 5.81. The molecule has 1 aliphatic rings. The lowest BCUT2D eigenvalue weighted by Crippen LogP contribution is -2.45. The average Bonchev–Trinajstić information content (AvgIpc) is 2.54. The van der Waals surface area contributed by atoms with E-state index in [1.54, 1.807) is 0 Å². The number of nitrogens with one attached hydrogen (secondary N) is 1. The van der Waals surface area contributed by atoms with Crippen LogP contribution in [0.3, 0.4) is 0 Å². The Balaban J connectivity index is 2.07. The minimum absolute atomic E-state index is 0.309. The minimum Gasteiger partial charge on any atom is -0.508 e. The topological polar surface area (TPSA) is 35.5 Å². The lowest BCUT2D eigenvalue weighted by molar-refractivity contribution is 0.163. The number of nitrogens with zero attached hydrogens (tertiary/aromatic N) is 1. The normalized spacial score (nSPS) is 18.0. The highest BCUT2D eigenvalue weighted by atomic mass is 16.3. The highest BCUT2D eigenvalue weighted by Crippen LogP contribution is 2.37. The van der Waals surface area contributed by atoms with Crippen LogP contribution in [0.1, 0.15) is 31.4 Å². The second kappa shape index (κ2) is 6.46. The van der Waals surface area contributed by atoms with E-state index in [1.807, 2.05) is 12.1 Å². The summed E-state index contributed by atoms with van der Waals surface area (Å²) in [6, 6.07) is 12.5. The van der Waals surface area contributed by atoms with Crippen LogP contribution in [0.25, 0.3) is 10.8 Å². The monoisotopic (exact) mass is 284 g/mol. The third-order valence-electron chi connectivity index (χ3n) is 4.44. The first-order valence-electron chi connectivity index (χ1n) is 7.96. The number of phenolic OH excluding ortho intramolecular Hbond substituents is 1. The highest BCUT2D eigenvalue weighted by Gasteiger charge is 2.25. The van der Waals surface area contributed by atoms with Gasteiger partial charge in [-0.25, -0.2) is 0 Å². The van der Waals surface area contributed by atoms with Crippen molar-refractivity contribution >= 4 is 10.8 Å². The molecule has 0 aliphatic carbocycles. The molecule has 0 amide bonds. The van der Waals surface area contributed by atoms with Crippen LogP contribution in [-0.2, 0) is 0 Å². The van der Waals surface area contributed by atoms with E-state index in [9.17, 15) is 5.11 Å². The molecule has 21 heavy (non-hydrogen) atoms. The largest absolute Gasteiger partial charge is 0.508 e. The Hall–Kier alpha value is -1.58. The molecule has 1 atom stereocenters. The molecule has 0 radical (unpaired) electrons. The minimum atomic E-state index is 0.309. The molecule has 3 heteroatoms. The lowest BCUT2D eigenvalue weighted by Gasteiger charge is -2.36. The number of piperazine rings is 1. The van der Waals surface area contributed by atoms with Crippen molar-refractivity contribution in [2.75, 3.05) is 26.2 Å². The summed E-state index contributed by atoms with van der Waals surface area (Å²) in [4.78, 5) is 2.52. The smallest absolute Gasteiger partial charge is 0.121 e. The van der Waals surface area contributed by atoms with E-state index in [4.69, 9.17) is 0 Å². The summed E-state index contributed by atoms with van der Waals surface area (Å²) in [5, 5.41) is 16.3. The van der Waals surface area contributed by atoms with Crippen LogP contribution >= 0.6 is 0 Å². The molecule has 112 valence electrons. The molecule has 1 fully saturated rings. The van der Waals surface area contributed by atoms with Crippen LogP contribution in [0.2, 0.25) is 0 Å². The zero-order chi connectivity index (χ0) is 14.7. The number of benzene rings is 2. The molecular weight excluding hydrogens is 260 g/mol. The van der Waals surface area contributed by atoms with E-state index < -0.39 is 0 Å². The van der Waals surface area contributed by atoms with Crippen molar-refractivity contribution in [3.8, 4) is 5.75 Å². The van der Waals surface area contributed by atoms with Crippen molar-refractivity contribution in [3.05, 3.63) is 42.0 Å². The Kier molecular flexibility index (Phi) is 4.42. The van der Waals surface area contributed by atoms with E-state index in [0.29, 0.717) is 11.8 Å². The van der Waals surface area contributed by atoms with Crippen LogP contribution in [0.5, 0.6) is 5.75 Å². The van der Waals surface area contributed by atoms with Crippen molar-refractivity contribution in [2.24, 2.45) is 0 Å². The van der Waals surface area contributed by atoms with Gasteiger partial charge in [-0.2, -0.15) is 0 Å². The Morgan fingerprint density at radius 1 is 1.14 bits per heavy atom. The summed E-state index contributed by atoms with van der Waals surface area (Å²) < 4.78 is 0. The molecule has 2 aromatic rings. The summed E-state index contributed by atoms with van der Waals surface area (Å²) >= 11 is 0. The van der Waals surface area contributed by atoms with Gasteiger partial charge in [0.1, 0.15) is 5.75 Å². The molecule has 0 unspecified atom stereocenters. The van der Waals surface area contributed by atoms with E-state index >= 15 is 0 Å². The van der Waals surface area contributed by atoms with Crippen LogP contribution in [0.4, 0.5) is 0 Å². The summed E-state index contributed by atoms with van der Waals surface area (Å²) in [5.74, 6) is 0.436. The van der Waals surface area contributed by atoms with E-state index in [2.05, 4.69) is 41.4 Å². The molecule has 0 bridgehead atoms. The van der Waals surface area contributed by atoms with E-state index in [-0.39, 0.29) is 0 Å². The molecule has 1 heterocycles. The van der Waals surface area contributed by atoms with Gasteiger partial charge < -0.3 is 10.4 Å². The van der Waals surface area contributed by atoms with Gasteiger partial charge in [0.2, 0.25) is 0 Å². The number of phenols is 1. The highest BCUT2D eigenvalue weighted by molar-refractivity contribution is 5.88. The van der Waals surface area contributed by atoms with Crippen LogP contribution in [0, 0.1) is 0 Å². The molecular formula is C18H24N2O. The second-order valence-electron chi connectivity index (χ2n) is 5.81. The quantitative estimate of drug-likeness (QED) is 0.904. The third-order valence-corrected chi connectivity index (χ3v) is 4.44. The van der Waals surface area contributed by atoms with Crippen molar-refractivity contribution in [1.82, 2.24) is 10.2 Å². The molecule has 2 aromatic carbocycles. The summed E-state index contributed by atoms with van der Waals surface area (Å²) in [6.45, 7) is 6.38. The van der Waals surface area contributed by atoms with Crippen molar-refractivity contribution in [3.63, 3.8) is 0 Å². The molecule has 3 rings (SSSR count). The standard InChI is InChI=1S/C18H24N2O/c1-2-5-16(20-12-10-19-11-13-20)18-15-7-4-3-6-14(15)8-9-17(18)21/h3-4,6-9,16,19,21H,2,5,10-13H2,1H3/t16-/m0/s1. The fourth-order valence-electron chi connectivity index (χ4n) is 3.41. The van der Waals surface area contributed by atoms with Gasteiger partial charge in [0, 0.05) is 37.8 Å². The van der Waals surface area contributed by atoms with Gasteiger partial charge >= 0.3 is 0 Å². The Labute approximate surface area is 126 Å². The zero-order valence-electron chi connectivity index (χ0n) is 12.7. The fourth-order valence-corrected chi connectivity index (χ4v) is 3.41. The van der Waals surface area contributed by atoms with Gasteiger partial charge in [-0.15, -0.1) is 0 Å². The molecule has 0 saturated carbocycles. The van der Waals surface area contributed by atoms with Crippen LogP contribution < -0.4 is 5.32 Å². The molecule has 3 nitrogen and oxygen atoms in total. The molecule has 1 saturated heterocycles. The summed E-state index contributed by atoms with van der Waals surface area (Å²) in [7, 11) is 0. The Bertz CT molecular complexity index is 605. The van der Waals surface area contributed by atoms with Gasteiger partial charge in [0.05, 0.1) is 0 Å². The summed E-state index contributed by atoms with van der Waals surface area (Å²) in [6.07, 6.45) is 2.21. The van der Waals surface area contributed by atoms with Crippen LogP contribution in [0.15, 0.2) is 36.4 Å². The van der Waals surface area contributed by atoms with Crippen molar-refractivity contribution < 1.29 is 5.11 Å². The Morgan fingerprint density at radius 3 is 2.67 bits per heavy atom. The van der Waals surface area contributed by atoms with E-state index in [1.165, 1.54) is 10.8 Å². The third kappa shape index (κ3) is 2.89. The van der Waals surface area contributed by atoms with E-state index in [0.717, 1.165) is 44.6 Å². The van der Waals surface area contributed by atoms with Gasteiger partial charge in [-0.3, -0.25) is 4.90 Å². The molecule has 2 N–H and O–H groups in total. The average molecular weight is 284 g/mol. The number of aromatic hydroxyl groups is 1. The zero-order valence-corrected chi connectivity index (χ0v) is 12.7. The first kappa shape index (κ1) is 14.4. The van der Waals surface area contributed by atoms with Gasteiger partial charge in [0.25, 0.3) is 0 Å².